The number of ether oxygens (including phenoxy) is 4. The average molecular weight is 384 g/mol. The molecule has 0 saturated carbocycles. The van der Waals surface area contributed by atoms with Gasteiger partial charge in [0.2, 0.25) is 0 Å². The van der Waals surface area contributed by atoms with E-state index < -0.39 is 0 Å². The number of nitrogens with zero attached hydrogens (tertiary/aromatic N) is 1. The van der Waals surface area contributed by atoms with Crippen LogP contribution in [0, 0.1) is 0 Å². The van der Waals surface area contributed by atoms with Gasteiger partial charge >= 0.3 is 5.97 Å². The molecule has 7 nitrogen and oxygen atoms in total. The van der Waals surface area contributed by atoms with Crippen LogP contribution in [-0.2, 0) is 23.7 Å². The molecule has 0 aromatic carbocycles. The van der Waals surface area contributed by atoms with E-state index in [2.05, 4.69) is 0 Å². The zero-order valence-corrected chi connectivity index (χ0v) is 16.2. The summed E-state index contributed by atoms with van der Waals surface area (Å²) in [6.07, 6.45) is 0. The number of carbonyl (C=O) groups is 1. The Morgan fingerprint density at radius 3 is 1.96 bits per heavy atom. The standard InChI is InChI=1S/C15H29NO6S2/c1-3-16(4-2)15(23)24-13-14(18)22-12-11-21-10-9-20-8-7-19-6-5-17/h17H,3-13H2,1-2H3. The predicted octanol–water partition coefficient (Wildman–Crippen LogP) is 0.932. The van der Waals surface area contributed by atoms with Crippen LogP contribution in [0.25, 0.3) is 0 Å². The van der Waals surface area contributed by atoms with Gasteiger partial charge in [0.1, 0.15) is 10.9 Å². The van der Waals surface area contributed by atoms with Crippen molar-refractivity contribution in [3.63, 3.8) is 0 Å². The van der Waals surface area contributed by atoms with Crippen LogP contribution in [0.1, 0.15) is 13.8 Å². The SMILES string of the molecule is CCN(CC)C(=S)SCC(=O)OCCOCCOCCOCCO. The normalized spacial score (nSPS) is 10.6. The van der Waals surface area contributed by atoms with Gasteiger partial charge in [0, 0.05) is 13.1 Å². The van der Waals surface area contributed by atoms with Crippen LogP contribution in [0.2, 0.25) is 0 Å². The molecule has 0 aliphatic carbocycles. The molecule has 24 heavy (non-hydrogen) atoms. The Morgan fingerprint density at radius 2 is 1.46 bits per heavy atom. The smallest absolute Gasteiger partial charge is 0.316 e. The fourth-order valence-electron chi connectivity index (χ4n) is 1.56. The van der Waals surface area contributed by atoms with E-state index in [-0.39, 0.29) is 24.9 Å². The Labute approximate surface area is 154 Å². The summed E-state index contributed by atoms with van der Waals surface area (Å²) in [5.41, 5.74) is 0. The Kier molecular flexibility index (Phi) is 17.0. The van der Waals surface area contributed by atoms with Crippen LogP contribution in [0.4, 0.5) is 0 Å². The molecule has 0 atom stereocenters. The number of hydrogen-bond donors (Lipinski definition) is 1. The third-order valence-corrected chi connectivity index (χ3v) is 4.30. The van der Waals surface area contributed by atoms with E-state index in [1.807, 2.05) is 18.7 Å². The second kappa shape index (κ2) is 17.4. The lowest BCUT2D eigenvalue weighted by molar-refractivity contribution is -0.142. The molecule has 0 aliphatic rings. The lowest BCUT2D eigenvalue weighted by Crippen LogP contribution is -2.27. The van der Waals surface area contributed by atoms with E-state index >= 15 is 0 Å². The monoisotopic (exact) mass is 383 g/mol. The molecule has 0 bridgehead atoms. The van der Waals surface area contributed by atoms with Gasteiger partial charge < -0.3 is 29.0 Å². The van der Waals surface area contributed by atoms with E-state index in [9.17, 15) is 4.79 Å². The van der Waals surface area contributed by atoms with Crippen molar-refractivity contribution in [2.45, 2.75) is 13.8 Å². The molecular weight excluding hydrogens is 354 g/mol. The van der Waals surface area contributed by atoms with Gasteiger partial charge in [-0.2, -0.15) is 0 Å². The summed E-state index contributed by atoms with van der Waals surface area (Å²) in [7, 11) is 0. The van der Waals surface area contributed by atoms with Crippen molar-refractivity contribution in [1.29, 1.82) is 0 Å². The molecule has 0 aromatic heterocycles. The molecule has 0 radical (unpaired) electrons. The average Bonchev–Trinajstić information content (AvgIpc) is 2.59. The molecule has 0 saturated heterocycles. The molecule has 0 fully saturated rings. The van der Waals surface area contributed by atoms with Crippen molar-refractivity contribution in [3.8, 4) is 0 Å². The topological polar surface area (TPSA) is 77.5 Å². The highest BCUT2D eigenvalue weighted by atomic mass is 32.2. The Balaban J connectivity index is 3.39. The van der Waals surface area contributed by atoms with Crippen LogP contribution >= 0.6 is 24.0 Å². The number of thiocarbonyl (C=S) groups is 1. The molecule has 0 heterocycles. The van der Waals surface area contributed by atoms with Gasteiger partial charge in [0.25, 0.3) is 0 Å². The van der Waals surface area contributed by atoms with Gasteiger partial charge in [-0.25, -0.2) is 0 Å². The molecule has 0 amide bonds. The Bertz CT molecular complexity index is 329. The molecule has 0 unspecified atom stereocenters. The summed E-state index contributed by atoms with van der Waals surface area (Å²) in [5.74, 6) is -0.0814. The molecule has 0 aliphatic heterocycles. The Hall–Kier alpha value is -0.450. The second-order valence-corrected chi connectivity index (χ2v) is 6.12. The molecule has 142 valence electrons. The van der Waals surface area contributed by atoms with Gasteiger partial charge in [-0.3, -0.25) is 4.79 Å². The maximum absolute atomic E-state index is 11.6. The number of hydrogen-bond acceptors (Lipinski definition) is 8. The molecule has 0 aromatic rings. The van der Waals surface area contributed by atoms with Crippen molar-refractivity contribution in [2.24, 2.45) is 0 Å². The highest BCUT2D eigenvalue weighted by molar-refractivity contribution is 8.23. The lowest BCUT2D eigenvalue weighted by Gasteiger charge is -2.20. The summed E-state index contributed by atoms with van der Waals surface area (Å²) in [6.45, 7) is 8.40. The van der Waals surface area contributed by atoms with Crippen molar-refractivity contribution < 1.29 is 28.8 Å². The van der Waals surface area contributed by atoms with Gasteiger partial charge in [0.15, 0.2) is 0 Å². The van der Waals surface area contributed by atoms with Crippen LogP contribution in [0.15, 0.2) is 0 Å². The molecule has 9 heteroatoms. The summed E-state index contributed by atoms with van der Waals surface area (Å²) >= 11 is 6.56. The van der Waals surface area contributed by atoms with E-state index in [1.54, 1.807) is 0 Å². The number of esters is 1. The van der Waals surface area contributed by atoms with Crippen LogP contribution in [0.5, 0.6) is 0 Å². The zero-order valence-electron chi connectivity index (χ0n) is 14.5. The number of carbonyl (C=O) groups excluding carboxylic acids is 1. The first kappa shape index (κ1) is 23.5. The molecule has 0 spiro atoms. The van der Waals surface area contributed by atoms with Crippen LogP contribution in [0.3, 0.4) is 0 Å². The summed E-state index contributed by atoms with van der Waals surface area (Å²) in [6, 6.07) is 0. The van der Waals surface area contributed by atoms with E-state index in [4.69, 9.17) is 36.3 Å². The minimum absolute atomic E-state index is 0.0155. The van der Waals surface area contributed by atoms with Crippen molar-refractivity contribution in [1.82, 2.24) is 4.90 Å². The minimum atomic E-state index is -0.296. The number of aliphatic hydroxyl groups is 1. The zero-order chi connectivity index (χ0) is 18.0. The summed E-state index contributed by atoms with van der Waals surface area (Å²) < 4.78 is 21.4. The third kappa shape index (κ3) is 13.9. The molecule has 0 rings (SSSR count). The highest BCUT2D eigenvalue weighted by Crippen LogP contribution is 2.09. The number of thioether (sulfide) groups is 1. The van der Waals surface area contributed by atoms with Gasteiger partial charge in [-0.15, -0.1) is 0 Å². The first-order chi connectivity index (χ1) is 11.7. The molecular formula is C15H29NO6S2. The van der Waals surface area contributed by atoms with Gasteiger partial charge in [-0.05, 0) is 13.8 Å². The first-order valence-corrected chi connectivity index (χ1v) is 9.46. The lowest BCUT2D eigenvalue weighted by atomic mass is 10.6. The fourth-order valence-corrected chi connectivity index (χ4v) is 2.76. The summed E-state index contributed by atoms with van der Waals surface area (Å²) in [4.78, 5) is 13.6. The van der Waals surface area contributed by atoms with Crippen LogP contribution < -0.4 is 0 Å². The predicted molar refractivity (Wildman–Crippen MR) is 98.5 cm³/mol. The number of aliphatic hydroxyl groups excluding tert-OH is 1. The first-order valence-electron chi connectivity index (χ1n) is 8.07. The largest absolute Gasteiger partial charge is 0.463 e. The van der Waals surface area contributed by atoms with Crippen molar-refractivity contribution in [3.05, 3.63) is 0 Å². The Morgan fingerprint density at radius 1 is 0.958 bits per heavy atom. The number of rotatable bonds is 15. The maximum Gasteiger partial charge on any atom is 0.316 e. The second-order valence-electron chi connectivity index (χ2n) is 4.51. The van der Waals surface area contributed by atoms with E-state index in [0.717, 1.165) is 13.1 Å². The van der Waals surface area contributed by atoms with Crippen LogP contribution in [-0.4, -0.2) is 92.0 Å². The van der Waals surface area contributed by atoms with E-state index in [0.29, 0.717) is 44.0 Å². The van der Waals surface area contributed by atoms with Gasteiger partial charge in [-0.1, -0.05) is 24.0 Å². The fraction of sp³-hybridized carbons (Fsp3) is 0.867. The van der Waals surface area contributed by atoms with E-state index in [1.165, 1.54) is 11.8 Å². The summed E-state index contributed by atoms with van der Waals surface area (Å²) in [5, 5.41) is 8.50. The highest BCUT2D eigenvalue weighted by Gasteiger charge is 2.10. The molecule has 1 N–H and O–H groups in total. The minimum Gasteiger partial charge on any atom is -0.463 e. The van der Waals surface area contributed by atoms with Gasteiger partial charge in [0.05, 0.1) is 52.0 Å². The van der Waals surface area contributed by atoms with Crippen molar-refractivity contribution in [2.75, 3.05) is 71.7 Å². The van der Waals surface area contributed by atoms with Crippen molar-refractivity contribution >= 4 is 34.3 Å². The third-order valence-electron chi connectivity index (χ3n) is 2.81. The maximum atomic E-state index is 11.6. The quantitative estimate of drug-likeness (QED) is 0.252.